The molecule has 0 bridgehead atoms. The SMILES string of the molecule is CCN(CC)Cc1ccccc1CNC(=O)c1ccc(S(=O)(=O)NC2CC2)cc1. The lowest BCUT2D eigenvalue weighted by molar-refractivity contribution is 0.0950. The minimum absolute atomic E-state index is 0.0550. The quantitative estimate of drug-likeness (QED) is 0.625. The summed E-state index contributed by atoms with van der Waals surface area (Å²) in [6, 6.07) is 14.2. The van der Waals surface area contributed by atoms with Crippen molar-refractivity contribution in [3.63, 3.8) is 0 Å². The zero-order valence-electron chi connectivity index (χ0n) is 17.0. The van der Waals surface area contributed by atoms with Crippen LogP contribution < -0.4 is 10.0 Å². The summed E-state index contributed by atoms with van der Waals surface area (Å²) in [7, 11) is -3.50. The van der Waals surface area contributed by atoms with Gasteiger partial charge in [0.15, 0.2) is 0 Å². The first-order chi connectivity index (χ1) is 13.9. The van der Waals surface area contributed by atoms with Crippen LogP contribution in [0.4, 0.5) is 0 Å². The number of nitrogens with zero attached hydrogens (tertiary/aromatic N) is 1. The molecule has 2 aromatic carbocycles. The third kappa shape index (κ3) is 5.88. The monoisotopic (exact) mass is 415 g/mol. The van der Waals surface area contributed by atoms with Crippen molar-refractivity contribution in [2.24, 2.45) is 0 Å². The highest BCUT2D eigenvalue weighted by Gasteiger charge is 2.27. The molecule has 1 saturated carbocycles. The number of sulfonamides is 1. The lowest BCUT2D eigenvalue weighted by Gasteiger charge is -2.20. The van der Waals surface area contributed by atoms with E-state index in [1.165, 1.54) is 17.7 Å². The molecule has 0 aromatic heterocycles. The number of rotatable bonds is 10. The first-order valence-corrected chi connectivity index (χ1v) is 11.6. The molecule has 7 heteroatoms. The van der Waals surface area contributed by atoms with E-state index in [1.807, 2.05) is 18.2 Å². The summed E-state index contributed by atoms with van der Waals surface area (Å²) >= 11 is 0. The van der Waals surface area contributed by atoms with E-state index >= 15 is 0 Å². The highest BCUT2D eigenvalue weighted by Crippen LogP contribution is 2.22. The Labute approximate surface area is 173 Å². The maximum absolute atomic E-state index is 12.5. The maximum Gasteiger partial charge on any atom is 0.251 e. The van der Waals surface area contributed by atoms with Gasteiger partial charge in [0, 0.05) is 24.7 Å². The van der Waals surface area contributed by atoms with Gasteiger partial charge in [0.1, 0.15) is 0 Å². The van der Waals surface area contributed by atoms with Crippen LogP contribution in [0.15, 0.2) is 53.4 Å². The van der Waals surface area contributed by atoms with Gasteiger partial charge in [-0.2, -0.15) is 0 Å². The second kappa shape index (κ2) is 9.52. The molecule has 1 fully saturated rings. The van der Waals surface area contributed by atoms with Crippen LogP contribution >= 0.6 is 0 Å². The van der Waals surface area contributed by atoms with E-state index in [0.717, 1.165) is 38.0 Å². The Morgan fingerprint density at radius 3 is 2.21 bits per heavy atom. The van der Waals surface area contributed by atoms with Gasteiger partial charge in [-0.25, -0.2) is 13.1 Å². The average molecular weight is 416 g/mol. The summed E-state index contributed by atoms with van der Waals surface area (Å²) in [5.74, 6) is -0.221. The van der Waals surface area contributed by atoms with Crippen LogP contribution in [0.1, 0.15) is 48.2 Å². The standard InChI is InChI=1S/C22H29N3O3S/c1-3-25(4-2)16-19-8-6-5-7-18(19)15-23-22(26)17-9-13-21(14-10-17)29(27,28)24-20-11-12-20/h5-10,13-14,20,24H,3-4,11-12,15-16H2,1-2H3,(H,23,26). The van der Waals surface area contributed by atoms with Gasteiger partial charge in [-0.05, 0) is 61.3 Å². The van der Waals surface area contributed by atoms with Gasteiger partial charge in [0.2, 0.25) is 10.0 Å². The Kier molecular flexibility index (Phi) is 7.05. The molecular formula is C22H29N3O3S. The fourth-order valence-electron chi connectivity index (χ4n) is 3.12. The van der Waals surface area contributed by atoms with Crippen molar-refractivity contribution in [1.29, 1.82) is 0 Å². The molecule has 0 spiro atoms. The lowest BCUT2D eigenvalue weighted by Crippen LogP contribution is -2.27. The fourth-order valence-corrected chi connectivity index (χ4v) is 4.43. The minimum atomic E-state index is -3.50. The van der Waals surface area contributed by atoms with E-state index in [2.05, 4.69) is 34.9 Å². The largest absolute Gasteiger partial charge is 0.348 e. The molecule has 0 saturated heterocycles. The second-order valence-corrected chi connectivity index (χ2v) is 9.05. The molecule has 3 rings (SSSR count). The van der Waals surface area contributed by atoms with Crippen molar-refractivity contribution < 1.29 is 13.2 Å². The highest BCUT2D eigenvalue weighted by molar-refractivity contribution is 7.89. The van der Waals surface area contributed by atoms with E-state index in [9.17, 15) is 13.2 Å². The van der Waals surface area contributed by atoms with Gasteiger partial charge in [-0.3, -0.25) is 9.69 Å². The lowest BCUT2D eigenvalue weighted by atomic mass is 10.1. The zero-order valence-corrected chi connectivity index (χ0v) is 17.8. The van der Waals surface area contributed by atoms with E-state index in [4.69, 9.17) is 0 Å². The number of hydrogen-bond donors (Lipinski definition) is 2. The van der Waals surface area contributed by atoms with Gasteiger partial charge in [0.25, 0.3) is 5.91 Å². The zero-order chi connectivity index (χ0) is 20.9. The summed E-state index contributed by atoms with van der Waals surface area (Å²) in [6.07, 6.45) is 1.77. The molecule has 156 valence electrons. The van der Waals surface area contributed by atoms with Crippen molar-refractivity contribution >= 4 is 15.9 Å². The van der Waals surface area contributed by atoms with Gasteiger partial charge in [-0.1, -0.05) is 38.1 Å². The summed E-state index contributed by atoms with van der Waals surface area (Å²) in [4.78, 5) is 15.0. The number of nitrogens with one attached hydrogen (secondary N) is 2. The summed E-state index contributed by atoms with van der Waals surface area (Å²) < 4.78 is 27.1. The van der Waals surface area contributed by atoms with Gasteiger partial charge < -0.3 is 5.32 Å². The molecule has 0 heterocycles. The first-order valence-electron chi connectivity index (χ1n) is 10.1. The van der Waals surface area contributed by atoms with E-state index in [1.54, 1.807) is 12.1 Å². The molecule has 0 aliphatic heterocycles. The van der Waals surface area contributed by atoms with Crippen molar-refractivity contribution in [3.8, 4) is 0 Å². The minimum Gasteiger partial charge on any atom is -0.348 e. The molecule has 0 radical (unpaired) electrons. The molecule has 0 unspecified atom stereocenters. The molecule has 1 aliphatic carbocycles. The van der Waals surface area contributed by atoms with Crippen LogP contribution in [0.25, 0.3) is 0 Å². The summed E-state index contributed by atoms with van der Waals surface area (Å²) in [5, 5.41) is 2.94. The fraction of sp³-hybridized carbons (Fsp3) is 0.409. The van der Waals surface area contributed by atoms with Crippen molar-refractivity contribution in [1.82, 2.24) is 14.9 Å². The van der Waals surface area contributed by atoms with Gasteiger partial charge in [-0.15, -0.1) is 0 Å². The summed E-state index contributed by atoms with van der Waals surface area (Å²) in [5.41, 5.74) is 2.72. The number of carbonyl (C=O) groups is 1. The highest BCUT2D eigenvalue weighted by atomic mass is 32.2. The molecule has 1 amide bonds. The average Bonchev–Trinajstić information content (AvgIpc) is 3.54. The molecule has 0 atom stereocenters. The molecule has 1 aliphatic rings. The number of amides is 1. The Balaban J connectivity index is 1.62. The van der Waals surface area contributed by atoms with Crippen LogP contribution in [0, 0.1) is 0 Å². The third-order valence-corrected chi connectivity index (χ3v) is 6.71. The molecule has 2 N–H and O–H groups in total. The van der Waals surface area contributed by atoms with Crippen LogP contribution in [-0.2, 0) is 23.1 Å². The van der Waals surface area contributed by atoms with Gasteiger partial charge >= 0.3 is 0 Å². The summed E-state index contributed by atoms with van der Waals surface area (Å²) in [6.45, 7) is 7.50. The van der Waals surface area contributed by atoms with Crippen LogP contribution in [0.5, 0.6) is 0 Å². The number of carbonyl (C=O) groups excluding carboxylic acids is 1. The van der Waals surface area contributed by atoms with Crippen molar-refractivity contribution in [2.75, 3.05) is 13.1 Å². The molecule has 29 heavy (non-hydrogen) atoms. The molecular weight excluding hydrogens is 386 g/mol. The van der Waals surface area contributed by atoms with E-state index in [-0.39, 0.29) is 16.8 Å². The third-order valence-electron chi connectivity index (χ3n) is 5.17. The number of hydrogen-bond acceptors (Lipinski definition) is 4. The van der Waals surface area contributed by atoms with E-state index < -0.39 is 10.0 Å². The Morgan fingerprint density at radius 1 is 1.00 bits per heavy atom. The smallest absolute Gasteiger partial charge is 0.251 e. The first kappa shape index (κ1) is 21.5. The van der Waals surface area contributed by atoms with Crippen molar-refractivity contribution in [2.45, 2.75) is 50.7 Å². The van der Waals surface area contributed by atoms with Crippen molar-refractivity contribution in [3.05, 3.63) is 65.2 Å². The predicted molar refractivity (Wildman–Crippen MR) is 114 cm³/mol. The Hall–Kier alpha value is -2.22. The van der Waals surface area contributed by atoms with Gasteiger partial charge in [0.05, 0.1) is 4.90 Å². The Morgan fingerprint density at radius 2 is 1.62 bits per heavy atom. The molecule has 6 nitrogen and oxygen atoms in total. The predicted octanol–water partition coefficient (Wildman–Crippen LogP) is 2.90. The Bertz CT molecular complexity index is 934. The topological polar surface area (TPSA) is 78.5 Å². The number of benzene rings is 2. The maximum atomic E-state index is 12.5. The van der Waals surface area contributed by atoms with Crippen LogP contribution in [0.2, 0.25) is 0 Å². The second-order valence-electron chi connectivity index (χ2n) is 7.33. The van der Waals surface area contributed by atoms with Crippen LogP contribution in [0.3, 0.4) is 0 Å². The van der Waals surface area contributed by atoms with E-state index in [0.29, 0.717) is 12.1 Å². The molecule has 2 aromatic rings. The normalized spacial score (nSPS) is 14.2. The van der Waals surface area contributed by atoms with Crippen LogP contribution in [-0.4, -0.2) is 38.4 Å².